The van der Waals surface area contributed by atoms with Gasteiger partial charge in [0.25, 0.3) is 14.1 Å². The topological polar surface area (TPSA) is 128 Å². The number of H-pyrrole nitrogens is 1. The van der Waals surface area contributed by atoms with Crippen LogP contribution in [0.2, 0.25) is 0 Å². The summed E-state index contributed by atoms with van der Waals surface area (Å²) in [5, 5.41) is 2.56. The average Bonchev–Trinajstić information content (AvgIpc) is 3.38. The summed E-state index contributed by atoms with van der Waals surface area (Å²) in [7, 11) is -1.50. The van der Waals surface area contributed by atoms with E-state index in [-0.39, 0.29) is 60.8 Å². The predicted octanol–water partition coefficient (Wildman–Crippen LogP) is 3.88. The second-order valence-electron chi connectivity index (χ2n) is 10.1. The van der Waals surface area contributed by atoms with Crippen molar-refractivity contribution in [1.82, 2.24) is 24.2 Å². The van der Waals surface area contributed by atoms with Gasteiger partial charge in [-0.1, -0.05) is 20.8 Å². The predicted molar refractivity (Wildman–Crippen MR) is 142 cm³/mol. The van der Waals surface area contributed by atoms with Gasteiger partial charge in [-0.3, -0.25) is 24.5 Å². The Balaban J connectivity index is 1.80. The molecule has 0 saturated carbocycles. The molecule has 0 spiro atoms. The first-order valence-electron chi connectivity index (χ1n) is 12.7. The number of halogens is 1. The average molecular weight is 554 g/mol. The molecule has 3 heterocycles. The lowest BCUT2D eigenvalue weighted by atomic mass is 10.0. The quantitative estimate of drug-likeness (QED) is 0.230. The third-order valence-corrected chi connectivity index (χ3v) is 8.22. The fourth-order valence-corrected chi connectivity index (χ4v) is 5.74. The van der Waals surface area contributed by atoms with Crippen LogP contribution in [-0.2, 0) is 18.6 Å². The molecule has 1 amide bonds. The van der Waals surface area contributed by atoms with E-state index < -0.39 is 38.5 Å². The van der Waals surface area contributed by atoms with Crippen LogP contribution in [0.15, 0.2) is 11.1 Å². The van der Waals surface area contributed by atoms with Crippen LogP contribution in [-0.4, -0.2) is 74.2 Å². The van der Waals surface area contributed by atoms with Crippen LogP contribution in [0, 0.1) is 18.4 Å². The van der Waals surface area contributed by atoms with Gasteiger partial charge in [-0.15, -0.1) is 0 Å². The molecule has 1 aliphatic heterocycles. The Bertz CT molecular complexity index is 1190. The monoisotopic (exact) mass is 553 g/mol. The number of rotatable bonds is 12. The first-order chi connectivity index (χ1) is 18.0. The van der Waals surface area contributed by atoms with Gasteiger partial charge < -0.3 is 18.6 Å². The van der Waals surface area contributed by atoms with Crippen molar-refractivity contribution in [1.29, 1.82) is 0 Å². The molecule has 210 valence electrons. The van der Waals surface area contributed by atoms with Gasteiger partial charge in [0.2, 0.25) is 18.4 Å². The van der Waals surface area contributed by atoms with Crippen LogP contribution >= 0.6 is 8.53 Å². The van der Waals surface area contributed by atoms with Gasteiger partial charge in [0, 0.05) is 23.9 Å². The van der Waals surface area contributed by atoms with Gasteiger partial charge in [0.1, 0.15) is 6.61 Å². The number of aromatic nitrogens is 4. The number of fused-ring (bicyclic) bond motifs is 1. The van der Waals surface area contributed by atoms with Gasteiger partial charge >= 0.3 is 0 Å². The lowest BCUT2D eigenvalue weighted by Crippen LogP contribution is -2.35. The summed E-state index contributed by atoms with van der Waals surface area (Å²) in [5.74, 6) is -1.23. The summed E-state index contributed by atoms with van der Waals surface area (Å²) in [4.78, 5) is 38.9. The summed E-state index contributed by atoms with van der Waals surface area (Å²) in [5.41, 5.74) is -0.444. The summed E-state index contributed by atoms with van der Waals surface area (Å²) >= 11 is 0. The Morgan fingerprint density at radius 3 is 2.61 bits per heavy atom. The van der Waals surface area contributed by atoms with E-state index >= 15 is 4.39 Å². The number of nitrogens with one attached hydrogen (secondary N) is 2. The molecule has 0 bridgehead atoms. The molecule has 3 rings (SSSR count). The zero-order valence-electron chi connectivity index (χ0n) is 22.8. The molecule has 12 nitrogen and oxygen atoms in total. The second-order valence-corrected chi connectivity index (χ2v) is 11.5. The maximum atomic E-state index is 15.5. The second kappa shape index (κ2) is 13.0. The van der Waals surface area contributed by atoms with Gasteiger partial charge in [0.05, 0.1) is 19.0 Å². The molecule has 0 aromatic carbocycles. The fraction of sp³-hybridized carbons (Fsp3) is 0.708. The van der Waals surface area contributed by atoms with Crippen molar-refractivity contribution in [3.8, 4) is 0 Å². The number of imidazole rings is 1. The van der Waals surface area contributed by atoms with Crippen molar-refractivity contribution < 1.29 is 23.0 Å². The molecule has 5 atom stereocenters. The SMILES string of the molecule is [C-]#[N+]CCOP(OC[C@H]1O[C@@H](n2cnc3c(=O)[nH]c(NC(=O)C(C)C)nc32)[C@H](F)[C@@H]1C)N(C(C)C)C(C)C. The minimum Gasteiger partial charge on any atom is -0.349 e. The number of carbonyl (C=O) groups is 1. The summed E-state index contributed by atoms with van der Waals surface area (Å²) in [6.45, 7) is 20.9. The molecule has 1 fully saturated rings. The molecule has 1 saturated heterocycles. The molecular formula is C24H37FN7O5P. The number of anilines is 1. The van der Waals surface area contributed by atoms with Crippen molar-refractivity contribution in [2.45, 2.75) is 79.1 Å². The molecule has 2 N–H and O–H groups in total. The van der Waals surface area contributed by atoms with Gasteiger partial charge in [-0.2, -0.15) is 4.98 Å². The van der Waals surface area contributed by atoms with E-state index in [0.717, 1.165) is 0 Å². The van der Waals surface area contributed by atoms with Crippen LogP contribution in [0.4, 0.5) is 10.3 Å². The highest BCUT2D eigenvalue weighted by atomic mass is 31.2. The number of hydrogen-bond donors (Lipinski definition) is 2. The van der Waals surface area contributed by atoms with E-state index in [1.165, 1.54) is 10.9 Å². The lowest BCUT2D eigenvalue weighted by Gasteiger charge is -2.35. The van der Waals surface area contributed by atoms with Crippen LogP contribution in [0.5, 0.6) is 0 Å². The summed E-state index contributed by atoms with van der Waals surface area (Å²) < 4.78 is 37.2. The third-order valence-electron chi connectivity index (χ3n) is 6.15. The number of hydrogen-bond acceptors (Lipinski definition) is 8. The van der Waals surface area contributed by atoms with Gasteiger partial charge in [-0.05, 0) is 27.7 Å². The number of nitrogens with zero attached hydrogens (tertiary/aromatic N) is 5. The molecule has 0 aliphatic carbocycles. The molecule has 1 aliphatic rings. The van der Waals surface area contributed by atoms with Crippen molar-refractivity contribution in [2.24, 2.45) is 11.8 Å². The van der Waals surface area contributed by atoms with Crippen molar-refractivity contribution >= 4 is 31.5 Å². The first-order valence-corrected chi connectivity index (χ1v) is 13.8. The van der Waals surface area contributed by atoms with E-state index in [2.05, 4.69) is 29.8 Å². The number of carbonyl (C=O) groups excluding carboxylic acids is 1. The number of alkyl halides is 1. The third kappa shape index (κ3) is 6.74. The Hall–Kier alpha value is -2.49. The molecule has 0 radical (unpaired) electrons. The zero-order chi connectivity index (χ0) is 28.1. The first kappa shape index (κ1) is 30.1. The molecular weight excluding hydrogens is 516 g/mol. The Morgan fingerprint density at radius 2 is 2.00 bits per heavy atom. The fourth-order valence-electron chi connectivity index (χ4n) is 4.13. The van der Waals surface area contributed by atoms with Crippen LogP contribution < -0.4 is 10.9 Å². The van der Waals surface area contributed by atoms with E-state index in [1.54, 1.807) is 20.8 Å². The molecule has 1 unspecified atom stereocenters. The molecule has 14 heteroatoms. The Labute approximate surface area is 223 Å². The van der Waals surface area contributed by atoms with Gasteiger partial charge in [-0.25, -0.2) is 20.6 Å². The highest BCUT2D eigenvalue weighted by Crippen LogP contribution is 2.47. The van der Waals surface area contributed by atoms with Crippen molar-refractivity contribution in [3.05, 3.63) is 28.1 Å². The number of ether oxygens (including phenoxy) is 1. The van der Waals surface area contributed by atoms with E-state index in [4.69, 9.17) is 20.4 Å². The number of aromatic amines is 1. The maximum absolute atomic E-state index is 15.5. The van der Waals surface area contributed by atoms with Crippen LogP contribution in [0.25, 0.3) is 16.0 Å². The Kier molecular flexibility index (Phi) is 10.3. The Morgan fingerprint density at radius 1 is 1.32 bits per heavy atom. The van der Waals surface area contributed by atoms with E-state index in [0.29, 0.717) is 0 Å². The standard InChI is InChI=1S/C24H37FN7O5P/c1-13(2)21(33)29-24-28-20-19(22(34)30-24)27-12-31(20)23-18(25)16(7)17(37-23)11-36-38(35-10-9-26-8)32(14(3)4)15(5)6/h12-18,23H,9-11H2,1-7H3,(H2,28,29,30,33,34)/t16-,17-,18-,23-,38?/m1/s1. The van der Waals surface area contributed by atoms with E-state index in [1.807, 2.05) is 27.7 Å². The van der Waals surface area contributed by atoms with Gasteiger partial charge in [0.15, 0.2) is 23.6 Å². The van der Waals surface area contributed by atoms with Crippen LogP contribution in [0.3, 0.4) is 0 Å². The van der Waals surface area contributed by atoms with Crippen molar-refractivity contribution in [3.63, 3.8) is 0 Å². The highest BCUT2D eigenvalue weighted by molar-refractivity contribution is 7.44. The lowest BCUT2D eigenvalue weighted by molar-refractivity contribution is -0.118. The van der Waals surface area contributed by atoms with Crippen molar-refractivity contribution in [2.75, 3.05) is 25.1 Å². The molecule has 2 aromatic rings. The number of amides is 1. The van der Waals surface area contributed by atoms with E-state index in [9.17, 15) is 9.59 Å². The smallest absolute Gasteiger partial charge is 0.280 e. The molecule has 2 aromatic heterocycles. The minimum atomic E-state index is -1.50. The largest absolute Gasteiger partial charge is 0.349 e. The normalized spacial score (nSPS) is 22.6. The zero-order valence-corrected chi connectivity index (χ0v) is 23.7. The van der Waals surface area contributed by atoms with Crippen LogP contribution in [0.1, 0.15) is 54.7 Å². The highest BCUT2D eigenvalue weighted by Gasteiger charge is 2.45. The maximum Gasteiger partial charge on any atom is 0.280 e. The summed E-state index contributed by atoms with van der Waals surface area (Å²) in [6, 6.07) is 0.258. The molecule has 38 heavy (non-hydrogen) atoms. The summed E-state index contributed by atoms with van der Waals surface area (Å²) in [6.07, 6.45) is -1.82. The minimum absolute atomic E-state index is 0.0111.